The molecule has 7 heteroatoms. The van der Waals surface area contributed by atoms with Gasteiger partial charge in [-0.1, -0.05) is 30.3 Å². The number of nitrogens with zero attached hydrogens (tertiary/aromatic N) is 3. The predicted molar refractivity (Wildman–Crippen MR) is 111 cm³/mol. The van der Waals surface area contributed by atoms with Gasteiger partial charge in [-0.05, 0) is 19.4 Å². The monoisotopic (exact) mass is 396 g/mol. The molecule has 6 nitrogen and oxygen atoms in total. The van der Waals surface area contributed by atoms with E-state index in [2.05, 4.69) is 34.4 Å². The summed E-state index contributed by atoms with van der Waals surface area (Å²) in [5.74, 6) is 0.0130. The van der Waals surface area contributed by atoms with E-state index in [9.17, 15) is 4.79 Å². The molecule has 28 heavy (non-hydrogen) atoms. The predicted octanol–water partition coefficient (Wildman–Crippen LogP) is 2.89. The van der Waals surface area contributed by atoms with Crippen molar-refractivity contribution in [2.45, 2.75) is 31.5 Å². The van der Waals surface area contributed by atoms with E-state index < -0.39 is 0 Å². The van der Waals surface area contributed by atoms with Crippen LogP contribution in [0.15, 0.2) is 36.4 Å². The molecule has 1 N–H and O–H groups in total. The van der Waals surface area contributed by atoms with Gasteiger partial charge in [-0.15, -0.1) is 11.3 Å². The highest BCUT2D eigenvalue weighted by atomic mass is 32.1. The second kappa shape index (κ2) is 6.99. The van der Waals surface area contributed by atoms with Crippen LogP contribution in [-0.2, 0) is 11.8 Å². The molecule has 0 unspecified atom stereocenters. The molecule has 1 aromatic carbocycles. The summed E-state index contributed by atoms with van der Waals surface area (Å²) in [6.45, 7) is 4.73. The molecule has 0 bridgehead atoms. The average molecular weight is 397 g/mol. The van der Waals surface area contributed by atoms with Gasteiger partial charge >= 0.3 is 0 Å². The maximum absolute atomic E-state index is 12.9. The van der Waals surface area contributed by atoms with Crippen molar-refractivity contribution in [1.82, 2.24) is 20.0 Å². The minimum atomic E-state index is 0.0130. The summed E-state index contributed by atoms with van der Waals surface area (Å²) in [4.78, 5) is 17.1. The fourth-order valence-corrected chi connectivity index (χ4v) is 5.34. The van der Waals surface area contributed by atoms with Crippen LogP contribution < -0.4 is 5.32 Å². The second-order valence-electron chi connectivity index (χ2n) is 7.83. The van der Waals surface area contributed by atoms with Crippen molar-refractivity contribution in [2.75, 3.05) is 19.7 Å². The molecule has 2 aliphatic heterocycles. The van der Waals surface area contributed by atoms with Gasteiger partial charge in [0.2, 0.25) is 0 Å². The molecule has 2 saturated heterocycles. The fraction of sp³-hybridized carbons (Fsp3) is 0.429. The number of aryl methyl sites for hydroxylation is 1. The molecule has 0 aliphatic carbocycles. The van der Waals surface area contributed by atoms with Crippen LogP contribution in [0.3, 0.4) is 0 Å². The molecule has 4 heterocycles. The summed E-state index contributed by atoms with van der Waals surface area (Å²) in [5, 5.41) is 8.93. The van der Waals surface area contributed by atoms with Crippen molar-refractivity contribution in [2.24, 2.45) is 7.05 Å². The van der Waals surface area contributed by atoms with E-state index in [-0.39, 0.29) is 18.1 Å². The van der Waals surface area contributed by atoms with Gasteiger partial charge in [0, 0.05) is 43.2 Å². The van der Waals surface area contributed by atoms with Crippen molar-refractivity contribution in [1.29, 1.82) is 0 Å². The molecule has 1 amide bonds. The Labute approximate surface area is 168 Å². The maximum Gasteiger partial charge on any atom is 0.261 e. The Hall–Kier alpha value is -2.22. The SMILES string of the molecule is C[C@H]1CN2C[C@@H](NC(=O)c3cc4c(-c5ccccc5)nn(C)c4s3)C[C@H]2CO1. The van der Waals surface area contributed by atoms with Crippen LogP contribution in [-0.4, -0.2) is 58.5 Å². The summed E-state index contributed by atoms with van der Waals surface area (Å²) in [6, 6.07) is 12.7. The molecular formula is C21H24N4O2S. The van der Waals surface area contributed by atoms with E-state index in [1.807, 2.05) is 36.0 Å². The quantitative estimate of drug-likeness (QED) is 0.740. The highest BCUT2D eigenvalue weighted by molar-refractivity contribution is 7.20. The zero-order valence-corrected chi connectivity index (χ0v) is 16.9. The van der Waals surface area contributed by atoms with E-state index in [1.165, 1.54) is 11.3 Å². The standard InChI is InChI=1S/C21H24N4O2S/c1-13-10-25-11-15(8-16(25)12-27-13)22-20(26)18-9-17-19(14-6-4-3-5-7-14)23-24(2)21(17)28-18/h3-7,9,13,15-16H,8,10-12H2,1-2H3,(H,22,26)/t13-,15-,16-/m0/s1. The van der Waals surface area contributed by atoms with Crippen molar-refractivity contribution in [3.63, 3.8) is 0 Å². The molecule has 0 spiro atoms. The highest BCUT2D eigenvalue weighted by Gasteiger charge is 2.37. The minimum absolute atomic E-state index is 0.0130. The maximum atomic E-state index is 12.9. The molecular weight excluding hydrogens is 372 g/mol. The van der Waals surface area contributed by atoms with Crippen molar-refractivity contribution < 1.29 is 9.53 Å². The Morgan fingerprint density at radius 3 is 2.93 bits per heavy atom. The number of hydrogen-bond donors (Lipinski definition) is 1. The van der Waals surface area contributed by atoms with Crippen LogP contribution >= 0.6 is 11.3 Å². The average Bonchev–Trinajstić information content (AvgIpc) is 3.36. The lowest BCUT2D eigenvalue weighted by atomic mass is 10.1. The first-order valence-corrected chi connectivity index (χ1v) is 10.6. The number of thiophene rings is 1. The van der Waals surface area contributed by atoms with Gasteiger partial charge < -0.3 is 10.1 Å². The molecule has 2 aromatic heterocycles. The Balaban J connectivity index is 1.36. The Morgan fingerprint density at radius 2 is 2.11 bits per heavy atom. The number of nitrogens with one attached hydrogen (secondary N) is 1. The summed E-state index contributed by atoms with van der Waals surface area (Å²) in [6.07, 6.45) is 1.23. The van der Waals surface area contributed by atoms with Crippen LogP contribution in [0.4, 0.5) is 0 Å². The smallest absolute Gasteiger partial charge is 0.261 e. The zero-order chi connectivity index (χ0) is 19.3. The third-order valence-electron chi connectivity index (χ3n) is 5.71. The first kappa shape index (κ1) is 17.8. The number of hydrogen-bond acceptors (Lipinski definition) is 5. The van der Waals surface area contributed by atoms with Crippen LogP contribution in [0.25, 0.3) is 21.5 Å². The Bertz CT molecular complexity index is 1010. The van der Waals surface area contributed by atoms with Gasteiger partial charge in [0.05, 0.1) is 17.6 Å². The number of morpholine rings is 1. The van der Waals surface area contributed by atoms with Gasteiger partial charge in [0.1, 0.15) is 10.5 Å². The Kier molecular flexibility index (Phi) is 4.45. The number of amides is 1. The molecule has 0 saturated carbocycles. The van der Waals surface area contributed by atoms with E-state index in [1.54, 1.807) is 0 Å². The molecule has 2 aliphatic rings. The number of rotatable bonds is 3. The number of benzene rings is 1. The van der Waals surface area contributed by atoms with E-state index in [4.69, 9.17) is 4.74 Å². The fourth-order valence-electron chi connectivity index (χ4n) is 4.36. The normalized spacial score (nSPS) is 25.1. The third kappa shape index (κ3) is 3.13. The number of ether oxygens (including phenoxy) is 1. The Morgan fingerprint density at radius 1 is 1.29 bits per heavy atom. The number of carbonyl (C=O) groups is 1. The number of fused-ring (bicyclic) bond motifs is 2. The summed E-state index contributed by atoms with van der Waals surface area (Å²) < 4.78 is 7.63. The van der Waals surface area contributed by atoms with Crippen LogP contribution in [0.5, 0.6) is 0 Å². The minimum Gasteiger partial charge on any atom is -0.376 e. The molecule has 3 aromatic rings. The van der Waals surface area contributed by atoms with Gasteiger partial charge in [-0.3, -0.25) is 14.4 Å². The van der Waals surface area contributed by atoms with Gasteiger partial charge in [-0.25, -0.2) is 0 Å². The molecule has 146 valence electrons. The number of carbonyl (C=O) groups excluding carboxylic acids is 1. The topological polar surface area (TPSA) is 59.4 Å². The zero-order valence-electron chi connectivity index (χ0n) is 16.1. The summed E-state index contributed by atoms with van der Waals surface area (Å²) in [5.41, 5.74) is 2.00. The molecule has 3 atom stereocenters. The first-order chi connectivity index (χ1) is 13.6. The van der Waals surface area contributed by atoms with Gasteiger partial charge in [-0.2, -0.15) is 5.10 Å². The van der Waals surface area contributed by atoms with E-state index in [0.717, 1.165) is 52.5 Å². The van der Waals surface area contributed by atoms with Gasteiger partial charge in [0.15, 0.2) is 0 Å². The number of aromatic nitrogens is 2. The molecule has 0 radical (unpaired) electrons. The summed E-state index contributed by atoms with van der Waals surface area (Å²) in [7, 11) is 1.93. The van der Waals surface area contributed by atoms with Crippen LogP contribution in [0.2, 0.25) is 0 Å². The third-order valence-corrected chi connectivity index (χ3v) is 6.91. The summed E-state index contributed by atoms with van der Waals surface area (Å²) >= 11 is 1.51. The molecule has 2 fully saturated rings. The largest absolute Gasteiger partial charge is 0.376 e. The van der Waals surface area contributed by atoms with E-state index in [0.29, 0.717) is 6.04 Å². The molecule has 5 rings (SSSR count). The van der Waals surface area contributed by atoms with Crippen molar-refractivity contribution >= 4 is 27.5 Å². The lowest BCUT2D eigenvalue weighted by Crippen LogP contribution is -2.45. The van der Waals surface area contributed by atoms with Crippen LogP contribution in [0.1, 0.15) is 23.0 Å². The first-order valence-electron chi connectivity index (χ1n) is 9.77. The van der Waals surface area contributed by atoms with Crippen molar-refractivity contribution in [3.05, 3.63) is 41.3 Å². The van der Waals surface area contributed by atoms with Crippen LogP contribution in [0, 0.1) is 0 Å². The highest BCUT2D eigenvalue weighted by Crippen LogP contribution is 2.33. The van der Waals surface area contributed by atoms with Crippen molar-refractivity contribution in [3.8, 4) is 11.3 Å². The van der Waals surface area contributed by atoms with E-state index >= 15 is 0 Å². The lowest BCUT2D eigenvalue weighted by molar-refractivity contribution is -0.0390. The van der Waals surface area contributed by atoms with Gasteiger partial charge in [0.25, 0.3) is 5.91 Å². The second-order valence-corrected chi connectivity index (χ2v) is 8.86. The lowest BCUT2D eigenvalue weighted by Gasteiger charge is -2.33.